The normalized spacial score (nSPS) is 14.9. The van der Waals surface area contributed by atoms with Crippen LogP contribution in [0.1, 0.15) is 67.0 Å². The van der Waals surface area contributed by atoms with E-state index in [1.807, 2.05) is 21.0 Å². The maximum Gasteiger partial charge on any atom is 0.280 e. The maximum absolute atomic E-state index is 13.3. The first-order valence-electron chi connectivity index (χ1n) is 13.1. The van der Waals surface area contributed by atoms with Crippen molar-refractivity contribution in [1.29, 1.82) is 0 Å². The fourth-order valence-corrected chi connectivity index (χ4v) is 6.81. The van der Waals surface area contributed by atoms with Crippen molar-refractivity contribution in [3.63, 3.8) is 0 Å². The number of carbonyl (C=O) groups excluding carboxylic acids is 1. The van der Waals surface area contributed by atoms with Crippen molar-refractivity contribution < 1.29 is 17.9 Å². The topological polar surface area (TPSA) is 139 Å². The van der Waals surface area contributed by atoms with Crippen LogP contribution in [-0.4, -0.2) is 71.7 Å². The highest BCUT2D eigenvalue weighted by Gasteiger charge is 2.29. The number of carbonyl (C=O) groups is 1. The van der Waals surface area contributed by atoms with Crippen molar-refractivity contribution in [2.24, 2.45) is 0 Å². The number of nitrogens with zero attached hydrogens (tertiary/aromatic N) is 5. The summed E-state index contributed by atoms with van der Waals surface area (Å²) in [5, 5.41) is 2.96. The van der Waals surface area contributed by atoms with Gasteiger partial charge in [0.2, 0.25) is 15.9 Å². The van der Waals surface area contributed by atoms with Gasteiger partial charge < -0.3 is 15.0 Å². The molecular formula is C26H35N7O4S2. The molecule has 2 N–H and O–H groups in total. The van der Waals surface area contributed by atoms with E-state index in [0.717, 1.165) is 25.8 Å². The second-order valence-electron chi connectivity index (χ2n) is 9.70. The molecule has 1 amide bonds. The summed E-state index contributed by atoms with van der Waals surface area (Å²) in [5.41, 5.74) is 1.60. The highest BCUT2D eigenvalue weighted by Crippen LogP contribution is 2.28. The van der Waals surface area contributed by atoms with Crippen molar-refractivity contribution in [2.45, 2.75) is 56.7 Å². The quantitative estimate of drug-likeness (QED) is 0.312. The van der Waals surface area contributed by atoms with E-state index in [1.54, 1.807) is 30.7 Å². The van der Waals surface area contributed by atoms with E-state index in [1.165, 1.54) is 17.5 Å². The summed E-state index contributed by atoms with van der Waals surface area (Å²) >= 11 is 1.21. The molecule has 4 rings (SSSR count). The summed E-state index contributed by atoms with van der Waals surface area (Å²) in [7, 11) is 0.501. The highest BCUT2D eigenvalue weighted by molar-refractivity contribution is 7.93. The average Bonchev–Trinajstić information content (AvgIpc) is 3.62. The molecule has 11 nitrogen and oxygen atoms in total. The third kappa shape index (κ3) is 7.93. The highest BCUT2D eigenvalue weighted by atomic mass is 32.2. The van der Waals surface area contributed by atoms with Crippen LogP contribution >= 0.6 is 11.3 Å². The predicted molar refractivity (Wildman–Crippen MR) is 151 cm³/mol. The number of aromatic nitrogens is 4. The second kappa shape index (κ2) is 13.3. The van der Waals surface area contributed by atoms with E-state index < -0.39 is 16.1 Å². The van der Waals surface area contributed by atoms with Crippen molar-refractivity contribution >= 4 is 33.0 Å². The molecule has 0 aliphatic heterocycles. The van der Waals surface area contributed by atoms with Crippen LogP contribution < -0.4 is 14.8 Å². The Kier molecular flexibility index (Phi) is 9.81. The van der Waals surface area contributed by atoms with Crippen LogP contribution in [0.4, 0.5) is 5.69 Å². The summed E-state index contributed by atoms with van der Waals surface area (Å²) < 4.78 is 33.8. The summed E-state index contributed by atoms with van der Waals surface area (Å²) in [5.74, 6) is 0.0682. The molecule has 0 bridgehead atoms. The molecule has 1 aliphatic rings. The van der Waals surface area contributed by atoms with E-state index >= 15 is 0 Å². The van der Waals surface area contributed by atoms with E-state index in [2.05, 4.69) is 34.9 Å². The van der Waals surface area contributed by atoms with Crippen LogP contribution in [0.5, 0.6) is 5.88 Å². The van der Waals surface area contributed by atoms with Gasteiger partial charge in [0, 0.05) is 12.4 Å². The largest absolute Gasteiger partial charge is 0.477 e. The van der Waals surface area contributed by atoms with Gasteiger partial charge in [-0.1, -0.05) is 12.8 Å². The lowest BCUT2D eigenvalue weighted by atomic mass is 10.1. The Morgan fingerprint density at radius 2 is 2.00 bits per heavy atom. The third-order valence-corrected chi connectivity index (χ3v) is 9.29. The average molecular weight is 574 g/mol. The molecule has 1 saturated carbocycles. The number of hydrogen-bond acceptors (Lipinski definition) is 10. The van der Waals surface area contributed by atoms with E-state index in [4.69, 9.17) is 4.74 Å². The van der Waals surface area contributed by atoms with Crippen LogP contribution in [0.25, 0.3) is 10.6 Å². The molecule has 3 aromatic heterocycles. The zero-order valence-corrected chi connectivity index (χ0v) is 24.1. The molecule has 0 saturated heterocycles. The van der Waals surface area contributed by atoms with Crippen molar-refractivity contribution in [3.8, 4) is 16.5 Å². The van der Waals surface area contributed by atoms with Crippen LogP contribution in [0.3, 0.4) is 0 Å². The van der Waals surface area contributed by atoms with Crippen molar-refractivity contribution in [1.82, 2.24) is 30.2 Å². The molecule has 1 atom stereocenters. The zero-order chi connectivity index (χ0) is 27.8. The Labute approximate surface area is 233 Å². The van der Waals surface area contributed by atoms with Gasteiger partial charge >= 0.3 is 0 Å². The lowest BCUT2D eigenvalue weighted by Gasteiger charge is -2.20. The number of anilines is 1. The van der Waals surface area contributed by atoms with Gasteiger partial charge in [0.15, 0.2) is 5.01 Å². The molecule has 39 heavy (non-hydrogen) atoms. The number of ether oxygens (including phenoxy) is 1. The number of amides is 1. The molecule has 0 unspecified atom stereocenters. The molecule has 3 heterocycles. The lowest BCUT2D eigenvalue weighted by Crippen LogP contribution is -2.30. The monoisotopic (exact) mass is 573 g/mol. The van der Waals surface area contributed by atoms with Gasteiger partial charge in [-0.25, -0.2) is 18.4 Å². The minimum absolute atomic E-state index is 0.282. The number of nitrogens with one attached hydrogen (secondary N) is 2. The standard InChI is InChI=1S/C26H35N7O4S2/c1-4-37-24-17-27-15-22(30-24)23-16-29-26(38-23)25(34)31-20(10-7-13-33(2)3)21-14-18(11-12-28-21)32-39(35,36)19-8-5-6-9-19/h11-12,14-17,19-20H,4-10,13H2,1-3H3,(H,28,32)(H,31,34)/t20-/m1/s1. The van der Waals surface area contributed by atoms with Gasteiger partial charge in [-0.2, -0.15) is 0 Å². The van der Waals surface area contributed by atoms with E-state index in [-0.39, 0.29) is 16.2 Å². The van der Waals surface area contributed by atoms with Crippen LogP contribution in [0.2, 0.25) is 0 Å². The Morgan fingerprint density at radius 1 is 1.21 bits per heavy atom. The molecule has 13 heteroatoms. The molecule has 0 spiro atoms. The van der Waals surface area contributed by atoms with Gasteiger partial charge in [-0.15, -0.1) is 11.3 Å². The van der Waals surface area contributed by atoms with Gasteiger partial charge in [-0.05, 0) is 65.4 Å². The predicted octanol–water partition coefficient (Wildman–Crippen LogP) is 3.89. The second-order valence-corrected chi connectivity index (χ2v) is 12.7. The van der Waals surface area contributed by atoms with Gasteiger partial charge in [-0.3, -0.25) is 19.5 Å². The molecule has 1 fully saturated rings. The summed E-state index contributed by atoms with van der Waals surface area (Å²) in [4.78, 5) is 33.4. The van der Waals surface area contributed by atoms with Crippen molar-refractivity contribution in [2.75, 3.05) is 32.0 Å². The van der Waals surface area contributed by atoms with Gasteiger partial charge in [0.25, 0.3) is 5.91 Å². The fourth-order valence-electron chi connectivity index (χ4n) is 4.46. The first-order chi connectivity index (χ1) is 18.7. The minimum atomic E-state index is -3.48. The van der Waals surface area contributed by atoms with Crippen LogP contribution in [0.15, 0.2) is 36.9 Å². The fraction of sp³-hybridized carbons (Fsp3) is 0.500. The number of rotatable bonds is 13. The molecule has 0 aromatic carbocycles. The molecule has 1 aliphatic carbocycles. The van der Waals surface area contributed by atoms with Crippen LogP contribution in [0, 0.1) is 0 Å². The lowest BCUT2D eigenvalue weighted by molar-refractivity contribution is 0.0932. The van der Waals surface area contributed by atoms with Gasteiger partial charge in [0.05, 0.1) is 46.6 Å². The molecular weight excluding hydrogens is 538 g/mol. The summed E-state index contributed by atoms with van der Waals surface area (Å²) in [6.45, 7) is 3.17. The smallest absolute Gasteiger partial charge is 0.280 e. The number of hydrogen-bond donors (Lipinski definition) is 2. The number of pyridine rings is 1. The zero-order valence-electron chi connectivity index (χ0n) is 22.5. The number of sulfonamides is 1. The Bertz CT molecular complexity index is 1360. The summed E-state index contributed by atoms with van der Waals surface area (Å²) in [6.07, 6.45) is 10.9. The Hall–Kier alpha value is -3.16. The minimum Gasteiger partial charge on any atom is -0.477 e. The third-order valence-electron chi connectivity index (χ3n) is 6.40. The Balaban J connectivity index is 1.51. The molecule has 0 radical (unpaired) electrons. The first-order valence-corrected chi connectivity index (χ1v) is 15.5. The maximum atomic E-state index is 13.3. The molecule has 3 aromatic rings. The first kappa shape index (κ1) is 28.8. The van der Waals surface area contributed by atoms with Gasteiger partial charge in [0.1, 0.15) is 5.69 Å². The van der Waals surface area contributed by atoms with Crippen molar-refractivity contribution in [3.05, 3.63) is 47.6 Å². The van der Waals surface area contributed by atoms with E-state index in [0.29, 0.717) is 53.7 Å². The Morgan fingerprint density at radius 3 is 2.74 bits per heavy atom. The van der Waals surface area contributed by atoms with E-state index in [9.17, 15) is 13.2 Å². The summed E-state index contributed by atoms with van der Waals surface area (Å²) in [6, 6.07) is 2.91. The SMILES string of the molecule is CCOc1cncc(-c2cnc(C(=O)N[C@H](CCCN(C)C)c3cc(NS(=O)(=O)C4CCCC4)ccn3)s2)n1. The molecule has 210 valence electrons. The van der Waals surface area contributed by atoms with Crippen LogP contribution in [-0.2, 0) is 10.0 Å². The number of thiazole rings is 1.